The predicted molar refractivity (Wildman–Crippen MR) is 62.4 cm³/mol. The van der Waals surface area contributed by atoms with E-state index in [0.29, 0.717) is 12.5 Å². The fourth-order valence-corrected chi connectivity index (χ4v) is 2.55. The van der Waals surface area contributed by atoms with Gasteiger partial charge in [-0.3, -0.25) is 4.90 Å². The van der Waals surface area contributed by atoms with Gasteiger partial charge in [-0.05, 0) is 25.2 Å². The van der Waals surface area contributed by atoms with Crippen molar-refractivity contribution in [2.45, 2.75) is 31.5 Å². The second-order valence-electron chi connectivity index (χ2n) is 5.17. The molecular weight excluding hydrogens is 245 g/mol. The lowest BCUT2D eigenvalue weighted by Gasteiger charge is -2.36. The van der Waals surface area contributed by atoms with Gasteiger partial charge in [0.25, 0.3) is 0 Å². The topological polar surface area (TPSA) is 24.5 Å². The Labute approximate surface area is 106 Å². The van der Waals surface area contributed by atoms with E-state index in [1.54, 1.807) is 0 Å². The number of nitrogens with one attached hydrogen (secondary N) is 1. The number of rotatable bonds is 6. The SMILES string of the molecule is FC(F)(F)COCCCN1CCNCC1C1CC1. The Balaban J connectivity index is 1.59. The van der Waals surface area contributed by atoms with Gasteiger partial charge in [-0.1, -0.05) is 0 Å². The van der Waals surface area contributed by atoms with Crippen molar-refractivity contribution in [3.8, 4) is 0 Å². The van der Waals surface area contributed by atoms with E-state index in [1.165, 1.54) is 12.8 Å². The Hall–Kier alpha value is -0.330. The average Bonchev–Trinajstić information content (AvgIpc) is 3.11. The smallest absolute Gasteiger partial charge is 0.372 e. The van der Waals surface area contributed by atoms with Crippen LogP contribution in [0.5, 0.6) is 0 Å². The molecule has 2 fully saturated rings. The summed E-state index contributed by atoms with van der Waals surface area (Å²) in [6, 6.07) is 0.585. The highest BCUT2D eigenvalue weighted by molar-refractivity contribution is 4.92. The zero-order valence-electron chi connectivity index (χ0n) is 10.5. The maximum atomic E-state index is 11.9. The molecule has 18 heavy (non-hydrogen) atoms. The second kappa shape index (κ2) is 6.21. The van der Waals surface area contributed by atoms with Gasteiger partial charge in [0.05, 0.1) is 0 Å². The molecule has 0 spiro atoms. The van der Waals surface area contributed by atoms with E-state index in [0.717, 1.165) is 32.1 Å². The highest BCUT2D eigenvalue weighted by Gasteiger charge is 2.36. The predicted octanol–water partition coefficient (Wildman–Crippen LogP) is 1.64. The molecule has 2 aliphatic rings. The molecule has 1 aliphatic heterocycles. The molecule has 1 heterocycles. The number of nitrogens with zero attached hydrogens (tertiary/aromatic N) is 1. The van der Waals surface area contributed by atoms with Crippen molar-refractivity contribution in [2.24, 2.45) is 5.92 Å². The number of hydrogen-bond donors (Lipinski definition) is 1. The summed E-state index contributed by atoms with van der Waals surface area (Å²) in [4.78, 5) is 2.41. The molecule has 0 aromatic heterocycles. The van der Waals surface area contributed by atoms with E-state index < -0.39 is 12.8 Å². The lowest BCUT2D eigenvalue weighted by atomic mass is 10.1. The normalized spacial score (nSPS) is 26.5. The Morgan fingerprint density at radius 1 is 1.28 bits per heavy atom. The molecule has 1 saturated heterocycles. The fraction of sp³-hybridized carbons (Fsp3) is 1.00. The number of piperazine rings is 1. The first-order valence-corrected chi connectivity index (χ1v) is 6.65. The van der Waals surface area contributed by atoms with E-state index in [-0.39, 0.29) is 6.61 Å². The molecule has 1 atom stereocenters. The van der Waals surface area contributed by atoms with Gasteiger partial charge in [0, 0.05) is 38.8 Å². The van der Waals surface area contributed by atoms with Gasteiger partial charge in [0.15, 0.2) is 0 Å². The number of ether oxygens (including phenoxy) is 1. The lowest BCUT2D eigenvalue weighted by Crippen LogP contribution is -2.52. The Bertz CT molecular complexity index is 256. The van der Waals surface area contributed by atoms with Crippen LogP contribution in [0.15, 0.2) is 0 Å². The van der Waals surface area contributed by atoms with Crippen LogP contribution in [-0.4, -0.2) is 56.5 Å². The average molecular weight is 266 g/mol. The molecular formula is C12H21F3N2O. The fourth-order valence-electron chi connectivity index (χ4n) is 2.55. The molecule has 1 N–H and O–H groups in total. The molecule has 0 bridgehead atoms. The molecule has 0 amide bonds. The van der Waals surface area contributed by atoms with Gasteiger partial charge in [-0.25, -0.2) is 0 Å². The van der Waals surface area contributed by atoms with Crippen LogP contribution in [0, 0.1) is 5.92 Å². The van der Waals surface area contributed by atoms with Crippen LogP contribution in [-0.2, 0) is 4.74 Å². The van der Waals surface area contributed by atoms with E-state index in [1.807, 2.05) is 0 Å². The minimum Gasteiger partial charge on any atom is -0.372 e. The Morgan fingerprint density at radius 3 is 2.72 bits per heavy atom. The molecule has 0 radical (unpaired) electrons. The van der Waals surface area contributed by atoms with E-state index in [2.05, 4.69) is 15.0 Å². The maximum absolute atomic E-state index is 11.9. The zero-order valence-corrected chi connectivity index (χ0v) is 10.5. The van der Waals surface area contributed by atoms with Crippen LogP contribution in [0.1, 0.15) is 19.3 Å². The van der Waals surface area contributed by atoms with Crippen molar-refractivity contribution in [3.05, 3.63) is 0 Å². The third kappa shape index (κ3) is 4.74. The summed E-state index contributed by atoms with van der Waals surface area (Å²) in [7, 11) is 0. The van der Waals surface area contributed by atoms with Crippen molar-refractivity contribution in [1.82, 2.24) is 10.2 Å². The van der Waals surface area contributed by atoms with Crippen molar-refractivity contribution in [1.29, 1.82) is 0 Å². The highest BCUT2D eigenvalue weighted by Crippen LogP contribution is 2.35. The Morgan fingerprint density at radius 2 is 2.06 bits per heavy atom. The van der Waals surface area contributed by atoms with Gasteiger partial charge in [0.2, 0.25) is 0 Å². The molecule has 1 saturated carbocycles. The van der Waals surface area contributed by atoms with Crippen LogP contribution >= 0.6 is 0 Å². The number of halogens is 3. The monoisotopic (exact) mass is 266 g/mol. The zero-order chi connectivity index (χ0) is 13.0. The van der Waals surface area contributed by atoms with Crippen molar-refractivity contribution < 1.29 is 17.9 Å². The van der Waals surface area contributed by atoms with Gasteiger partial charge in [-0.15, -0.1) is 0 Å². The van der Waals surface area contributed by atoms with Crippen molar-refractivity contribution in [2.75, 3.05) is 39.4 Å². The Kier molecular flexibility index (Phi) is 4.86. The summed E-state index contributed by atoms with van der Waals surface area (Å²) in [6.07, 6.45) is -0.925. The lowest BCUT2D eigenvalue weighted by molar-refractivity contribution is -0.174. The number of hydrogen-bond acceptors (Lipinski definition) is 3. The third-order valence-corrected chi connectivity index (χ3v) is 3.56. The van der Waals surface area contributed by atoms with Crippen molar-refractivity contribution in [3.63, 3.8) is 0 Å². The van der Waals surface area contributed by atoms with Crippen LogP contribution in [0.4, 0.5) is 13.2 Å². The summed E-state index contributed by atoms with van der Waals surface area (Å²) in [5.41, 5.74) is 0. The molecule has 0 aromatic carbocycles. The van der Waals surface area contributed by atoms with E-state index >= 15 is 0 Å². The summed E-state index contributed by atoms with van der Waals surface area (Å²) in [6.45, 7) is 2.92. The summed E-state index contributed by atoms with van der Waals surface area (Å²) >= 11 is 0. The standard InChI is InChI=1S/C12H21F3N2O/c13-12(14,15)9-18-7-1-5-17-6-4-16-8-11(17)10-2-3-10/h10-11,16H,1-9H2. The summed E-state index contributed by atoms with van der Waals surface area (Å²) < 4.78 is 40.2. The molecule has 6 heteroatoms. The first-order chi connectivity index (χ1) is 8.56. The third-order valence-electron chi connectivity index (χ3n) is 3.56. The molecule has 1 unspecified atom stereocenters. The van der Waals surface area contributed by atoms with Gasteiger partial charge in [0.1, 0.15) is 6.61 Å². The van der Waals surface area contributed by atoms with Crippen LogP contribution in [0.2, 0.25) is 0 Å². The first kappa shape index (κ1) is 14.1. The molecule has 3 nitrogen and oxygen atoms in total. The molecule has 2 rings (SSSR count). The minimum absolute atomic E-state index is 0.195. The minimum atomic E-state index is -4.20. The molecule has 1 aliphatic carbocycles. The van der Waals surface area contributed by atoms with Gasteiger partial charge in [-0.2, -0.15) is 13.2 Å². The van der Waals surface area contributed by atoms with Gasteiger partial charge >= 0.3 is 6.18 Å². The molecule has 0 aromatic rings. The van der Waals surface area contributed by atoms with Crippen LogP contribution in [0.3, 0.4) is 0 Å². The largest absolute Gasteiger partial charge is 0.411 e. The summed E-state index contributed by atoms with van der Waals surface area (Å²) in [5, 5.41) is 3.39. The molecule has 106 valence electrons. The first-order valence-electron chi connectivity index (χ1n) is 6.65. The quantitative estimate of drug-likeness (QED) is 0.740. The van der Waals surface area contributed by atoms with E-state index in [4.69, 9.17) is 0 Å². The maximum Gasteiger partial charge on any atom is 0.411 e. The van der Waals surface area contributed by atoms with Crippen LogP contribution in [0.25, 0.3) is 0 Å². The van der Waals surface area contributed by atoms with Crippen LogP contribution < -0.4 is 5.32 Å². The highest BCUT2D eigenvalue weighted by atomic mass is 19.4. The second-order valence-corrected chi connectivity index (χ2v) is 5.17. The summed E-state index contributed by atoms with van der Waals surface area (Å²) in [5.74, 6) is 0.800. The van der Waals surface area contributed by atoms with Gasteiger partial charge < -0.3 is 10.1 Å². The van der Waals surface area contributed by atoms with E-state index in [9.17, 15) is 13.2 Å². The van der Waals surface area contributed by atoms with Crippen molar-refractivity contribution >= 4 is 0 Å². The number of alkyl halides is 3.